The molecule has 0 aromatic heterocycles. The van der Waals surface area contributed by atoms with Crippen LogP contribution >= 0.6 is 7.92 Å². The zero-order chi connectivity index (χ0) is 25.0. The average molecular weight is 666 g/mol. The van der Waals surface area contributed by atoms with Gasteiger partial charge < -0.3 is 17.1 Å². The van der Waals surface area contributed by atoms with Crippen LogP contribution in [0.1, 0.15) is 37.7 Å². The number of nitrogens with zero attached hydrogens (tertiary/aromatic N) is 1. The fraction of sp³-hybridized carbons (Fsp3) is 0.188. The molecule has 36 heavy (non-hydrogen) atoms. The van der Waals surface area contributed by atoms with Gasteiger partial charge in [0.25, 0.3) is 0 Å². The monoisotopic (exact) mass is 666 g/mol. The van der Waals surface area contributed by atoms with Crippen molar-refractivity contribution in [3.63, 3.8) is 0 Å². The van der Waals surface area contributed by atoms with Gasteiger partial charge in [-0.15, -0.1) is 0 Å². The molecule has 1 aliphatic rings. The molecular weight excluding hydrogens is 632 g/mol. The van der Waals surface area contributed by atoms with E-state index in [9.17, 15) is 0 Å². The SMILES string of the molecule is C1CCCC1.[CH-]=CCc1ccccc1.[N-]=O.[Re].c1ccc(P(c2ccccc2)c2ccccc2)cc1. The van der Waals surface area contributed by atoms with Crippen molar-refractivity contribution in [2.24, 2.45) is 0 Å². The van der Waals surface area contributed by atoms with Crippen molar-refractivity contribution in [3.05, 3.63) is 150 Å². The molecule has 0 saturated heterocycles. The molecule has 0 aliphatic heterocycles. The van der Waals surface area contributed by atoms with Gasteiger partial charge in [0.2, 0.25) is 0 Å². The largest absolute Gasteiger partial charge is 0.577 e. The number of benzene rings is 4. The van der Waals surface area contributed by atoms with Crippen molar-refractivity contribution in [3.8, 4) is 0 Å². The third-order valence-corrected chi connectivity index (χ3v) is 7.93. The van der Waals surface area contributed by atoms with Gasteiger partial charge in [0.05, 0.1) is 0 Å². The Morgan fingerprint density at radius 3 is 1.11 bits per heavy atom. The van der Waals surface area contributed by atoms with Crippen LogP contribution in [0.4, 0.5) is 0 Å². The van der Waals surface area contributed by atoms with Crippen molar-refractivity contribution in [1.29, 1.82) is 0 Å². The van der Waals surface area contributed by atoms with Crippen LogP contribution < -0.4 is 15.9 Å². The van der Waals surface area contributed by atoms with E-state index >= 15 is 0 Å². The van der Waals surface area contributed by atoms with Crippen LogP contribution in [0, 0.1) is 11.5 Å². The summed E-state index contributed by atoms with van der Waals surface area (Å²) in [5, 5.41) is 4.19. The Morgan fingerprint density at radius 2 is 0.833 bits per heavy atom. The summed E-state index contributed by atoms with van der Waals surface area (Å²) in [6.45, 7) is 5.24. The molecule has 0 spiro atoms. The summed E-state index contributed by atoms with van der Waals surface area (Å²) in [6, 6.07) is 42.5. The molecule has 5 rings (SSSR count). The van der Waals surface area contributed by atoms with Gasteiger partial charge in [-0.25, -0.2) is 0 Å². The van der Waals surface area contributed by atoms with Crippen LogP contribution in [0.15, 0.2) is 127 Å². The molecule has 4 heteroatoms. The number of allylic oxidation sites excluding steroid dienone is 1. The van der Waals surface area contributed by atoms with Crippen LogP contribution in [0.25, 0.3) is 5.59 Å². The minimum Gasteiger partial charge on any atom is -0.577 e. The van der Waals surface area contributed by atoms with Crippen molar-refractivity contribution < 1.29 is 20.4 Å². The van der Waals surface area contributed by atoms with E-state index in [0.29, 0.717) is 0 Å². The molecule has 0 bridgehead atoms. The van der Waals surface area contributed by atoms with Gasteiger partial charge in [0, 0.05) is 20.4 Å². The third-order valence-electron chi connectivity index (χ3n) is 5.49. The Morgan fingerprint density at radius 1 is 0.556 bits per heavy atom. The fourth-order valence-corrected chi connectivity index (χ4v) is 6.12. The fourth-order valence-electron chi connectivity index (χ4n) is 3.81. The molecule has 187 valence electrons. The van der Waals surface area contributed by atoms with Crippen molar-refractivity contribution in [2.75, 3.05) is 0 Å². The third kappa shape index (κ3) is 11.8. The molecule has 4 aromatic carbocycles. The van der Waals surface area contributed by atoms with Gasteiger partial charge in [0.15, 0.2) is 0 Å². The maximum Gasteiger partial charge on any atom is 0 e. The van der Waals surface area contributed by atoms with Crippen LogP contribution in [0.3, 0.4) is 0 Å². The van der Waals surface area contributed by atoms with E-state index in [4.69, 9.17) is 17.1 Å². The van der Waals surface area contributed by atoms with E-state index in [-0.39, 0.29) is 20.4 Å². The second kappa shape index (κ2) is 20.5. The second-order valence-corrected chi connectivity index (χ2v) is 10.3. The number of hydrogen-bond donors (Lipinski definition) is 0. The van der Waals surface area contributed by atoms with Crippen molar-refractivity contribution in [2.45, 2.75) is 38.5 Å². The van der Waals surface area contributed by atoms with Gasteiger partial charge >= 0.3 is 0 Å². The molecule has 0 atom stereocenters. The Kier molecular flexibility index (Phi) is 17.8. The van der Waals surface area contributed by atoms with Gasteiger partial charge in [-0.05, 0) is 35.8 Å². The predicted molar refractivity (Wildman–Crippen MR) is 154 cm³/mol. The summed E-state index contributed by atoms with van der Waals surface area (Å²) in [4.78, 5) is 7.25. The van der Waals surface area contributed by atoms with E-state index in [1.165, 1.54) is 53.6 Å². The summed E-state index contributed by atoms with van der Waals surface area (Å²) in [7, 11) is -0.446. The Bertz CT molecular complexity index is 941. The van der Waals surface area contributed by atoms with E-state index in [1.54, 1.807) is 6.08 Å². The number of hydrogen-bond acceptors (Lipinski definition) is 1. The van der Waals surface area contributed by atoms with Crippen molar-refractivity contribution >= 4 is 23.8 Å². The maximum absolute atomic E-state index is 7.25. The summed E-state index contributed by atoms with van der Waals surface area (Å²) >= 11 is 0. The van der Waals surface area contributed by atoms with Gasteiger partial charge in [-0.2, -0.15) is 0 Å². The Labute approximate surface area is 232 Å². The van der Waals surface area contributed by atoms with E-state index < -0.39 is 7.92 Å². The van der Waals surface area contributed by atoms with E-state index in [1.807, 2.05) is 18.2 Å². The summed E-state index contributed by atoms with van der Waals surface area (Å²) in [5.41, 5.74) is 7.01. The molecule has 2 nitrogen and oxygen atoms in total. The first-order valence-corrected chi connectivity index (χ1v) is 13.4. The minimum absolute atomic E-state index is 0. The second-order valence-electron chi connectivity index (χ2n) is 8.04. The van der Waals surface area contributed by atoms with Crippen LogP contribution in [-0.2, 0) is 26.8 Å². The first kappa shape index (κ1) is 31.3. The standard InChI is InChI=1S/C18H15P.C9H9.C5H10.NO.Re/c1-4-10-16(11-5-1)19(17-12-6-2-7-13-17)18-14-8-3-9-15-18;1-2-6-9-7-4-3-5-8-9;1-2-4-5-3-1;1-2;/h1-15H;1-5,7-8H,6H2;1-5H2;;/q;-1;;-1;. The molecule has 0 amide bonds. The molecule has 0 unspecified atom stereocenters. The number of nitroso groups, excluding NO2 is 1. The van der Waals surface area contributed by atoms with Crippen LogP contribution in [-0.4, -0.2) is 0 Å². The quantitative estimate of drug-likeness (QED) is 0.158. The predicted octanol–water partition coefficient (Wildman–Crippen LogP) is 7.93. The average Bonchev–Trinajstić information content (AvgIpc) is 3.54. The molecular formula is C32H34NOPRe-2. The molecule has 1 aliphatic carbocycles. The molecule has 1 saturated carbocycles. The van der Waals surface area contributed by atoms with Gasteiger partial charge in [0.1, 0.15) is 0 Å². The van der Waals surface area contributed by atoms with Gasteiger partial charge in [-0.1, -0.05) is 153 Å². The normalized spacial score (nSPS) is 11.2. The minimum atomic E-state index is -0.446. The Balaban J connectivity index is 0.000000317. The van der Waals surface area contributed by atoms with Crippen molar-refractivity contribution in [1.82, 2.24) is 0 Å². The summed E-state index contributed by atoms with van der Waals surface area (Å²) in [5.74, 6) is 0. The number of rotatable bonds is 5. The van der Waals surface area contributed by atoms with Crippen LogP contribution in [0.2, 0.25) is 0 Å². The summed E-state index contributed by atoms with van der Waals surface area (Å²) < 4.78 is 0. The maximum atomic E-state index is 7.25. The molecule has 1 fully saturated rings. The van der Waals surface area contributed by atoms with E-state index in [2.05, 4.69) is 103 Å². The summed E-state index contributed by atoms with van der Waals surface area (Å²) in [6.07, 6.45) is 10.0. The molecule has 0 heterocycles. The zero-order valence-corrected chi connectivity index (χ0v) is 24.2. The van der Waals surface area contributed by atoms with Crippen LogP contribution in [0.5, 0.6) is 0 Å². The molecule has 0 N–H and O–H groups in total. The topological polar surface area (TPSA) is 39.4 Å². The Hall–Kier alpha value is -2.69. The zero-order valence-electron chi connectivity index (χ0n) is 20.6. The smallest absolute Gasteiger partial charge is 0 e. The first-order chi connectivity index (χ1) is 17.4. The molecule has 1 radical (unpaired) electrons. The first-order valence-electron chi connectivity index (χ1n) is 12.1. The van der Waals surface area contributed by atoms with E-state index in [0.717, 1.165) is 6.42 Å². The molecule has 4 aromatic rings. The van der Waals surface area contributed by atoms with Gasteiger partial charge in [-0.3, -0.25) is 6.08 Å².